The summed E-state index contributed by atoms with van der Waals surface area (Å²) in [5, 5.41) is 8.99. The minimum absolute atomic E-state index is 0.259. The van der Waals surface area contributed by atoms with E-state index in [4.69, 9.17) is 5.11 Å². The fourth-order valence-electron chi connectivity index (χ4n) is 3.52. The predicted molar refractivity (Wildman–Crippen MR) is 74.8 cm³/mol. The molecule has 1 heterocycles. The predicted octanol–water partition coefficient (Wildman–Crippen LogP) is 3.53. The van der Waals surface area contributed by atoms with Gasteiger partial charge < -0.3 is 5.11 Å². The molecule has 1 saturated heterocycles. The summed E-state index contributed by atoms with van der Waals surface area (Å²) in [6.07, 6.45) is 7.47. The van der Waals surface area contributed by atoms with Gasteiger partial charge in [0.2, 0.25) is 0 Å². The van der Waals surface area contributed by atoms with Gasteiger partial charge in [-0.2, -0.15) is 0 Å². The van der Waals surface area contributed by atoms with Crippen molar-refractivity contribution in [2.24, 2.45) is 5.41 Å². The molecule has 1 unspecified atom stereocenters. The highest BCUT2D eigenvalue weighted by atomic mass is 16.4. The summed E-state index contributed by atoms with van der Waals surface area (Å²) in [7, 11) is 0. The van der Waals surface area contributed by atoms with Crippen molar-refractivity contribution >= 4 is 5.97 Å². The van der Waals surface area contributed by atoms with Crippen molar-refractivity contribution in [3.05, 3.63) is 0 Å². The minimum atomic E-state index is -0.656. The number of rotatable bonds is 9. The van der Waals surface area contributed by atoms with Crippen molar-refractivity contribution in [3.8, 4) is 0 Å². The van der Waals surface area contributed by atoms with E-state index in [0.29, 0.717) is 11.8 Å². The van der Waals surface area contributed by atoms with Crippen LogP contribution < -0.4 is 0 Å². The Labute approximate surface area is 112 Å². The van der Waals surface area contributed by atoms with Crippen molar-refractivity contribution in [2.45, 2.75) is 71.8 Å². The van der Waals surface area contributed by atoms with E-state index in [0.717, 1.165) is 25.9 Å². The van der Waals surface area contributed by atoms with Crippen LogP contribution >= 0.6 is 0 Å². The molecule has 3 heteroatoms. The van der Waals surface area contributed by atoms with Crippen molar-refractivity contribution in [2.75, 3.05) is 13.1 Å². The van der Waals surface area contributed by atoms with Gasteiger partial charge in [0.05, 0.1) is 6.42 Å². The molecule has 1 aliphatic heterocycles. The van der Waals surface area contributed by atoms with Crippen molar-refractivity contribution in [3.63, 3.8) is 0 Å². The Hall–Kier alpha value is -0.570. The summed E-state index contributed by atoms with van der Waals surface area (Å²) >= 11 is 0. The Balaban J connectivity index is 2.51. The van der Waals surface area contributed by atoms with E-state index in [1.165, 1.54) is 25.7 Å². The van der Waals surface area contributed by atoms with Crippen LogP contribution in [0.25, 0.3) is 0 Å². The highest BCUT2D eigenvalue weighted by molar-refractivity contribution is 5.67. The highest BCUT2D eigenvalue weighted by Crippen LogP contribution is 2.41. The van der Waals surface area contributed by atoms with Crippen molar-refractivity contribution in [1.82, 2.24) is 4.90 Å². The minimum Gasteiger partial charge on any atom is -0.481 e. The maximum absolute atomic E-state index is 10.9. The number of carbonyl (C=O) groups is 1. The first kappa shape index (κ1) is 15.5. The van der Waals surface area contributed by atoms with Gasteiger partial charge in [-0.25, -0.2) is 0 Å². The number of likely N-dealkylation sites (tertiary alicyclic amines) is 1. The largest absolute Gasteiger partial charge is 0.481 e. The molecule has 0 spiro atoms. The second-order valence-corrected chi connectivity index (χ2v) is 5.95. The van der Waals surface area contributed by atoms with Crippen LogP contribution in [-0.4, -0.2) is 35.1 Å². The Bertz CT molecular complexity index is 251. The molecule has 1 atom stereocenters. The number of hydrogen-bond donors (Lipinski definition) is 1. The molecule has 18 heavy (non-hydrogen) atoms. The van der Waals surface area contributed by atoms with Gasteiger partial charge in [0, 0.05) is 19.1 Å². The molecule has 0 radical (unpaired) electrons. The molecule has 106 valence electrons. The summed E-state index contributed by atoms with van der Waals surface area (Å²) in [6, 6.07) is 0.259. The van der Waals surface area contributed by atoms with Crippen LogP contribution in [0, 0.1) is 5.41 Å². The maximum Gasteiger partial charge on any atom is 0.304 e. The average Bonchev–Trinajstić information content (AvgIpc) is 2.24. The van der Waals surface area contributed by atoms with E-state index >= 15 is 0 Å². The fourth-order valence-corrected chi connectivity index (χ4v) is 3.52. The average molecular weight is 255 g/mol. The summed E-state index contributed by atoms with van der Waals surface area (Å²) in [6.45, 7) is 8.88. The lowest BCUT2D eigenvalue weighted by Gasteiger charge is -2.54. The van der Waals surface area contributed by atoms with Gasteiger partial charge in [-0.3, -0.25) is 9.69 Å². The SMILES string of the molecule is CCCC(CC(=O)O)N1CC(CCC)(CCC)C1. The normalized spacial score (nSPS) is 20.4. The number of aliphatic carboxylic acids is 1. The second-order valence-electron chi connectivity index (χ2n) is 5.95. The zero-order chi connectivity index (χ0) is 13.6. The van der Waals surface area contributed by atoms with Crippen LogP contribution in [0.5, 0.6) is 0 Å². The summed E-state index contributed by atoms with van der Waals surface area (Å²) < 4.78 is 0. The molecule has 0 aliphatic carbocycles. The van der Waals surface area contributed by atoms with E-state index in [1.54, 1.807) is 0 Å². The monoisotopic (exact) mass is 255 g/mol. The number of hydrogen-bond acceptors (Lipinski definition) is 2. The fraction of sp³-hybridized carbons (Fsp3) is 0.933. The van der Waals surface area contributed by atoms with Gasteiger partial charge in [-0.1, -0.05) is 40.0 Å². The quantitative estimate of drug-likeness (QED) is 0.685. The van der Waals surface area contributed by atoms with Crippen LogP contribution in [0.15, 0.2) is 0 Å². The topological polar surface area (TPSA) is 40.5 Å². The van der Waals surface area contributed by atoms with E-state index in [9.17, 15) is 4.79 Å². The third-order valence-corrected chi connectivity index (χ3v) is 4.19. The third kappa shape index (κ3) is 3.98. The van der Waals surface area contributed by atoms with Gasteiger partial charge in [0.25, 0.3) is 0 Å². The van der Waals surface area contributed by atoms with Crippen LogP contribution in [0.2, 0.25) is 0 Å². The molecule has 0 aromatic rings. The lowest BCUT2D eigenvalue weighted by Crippen LogP contribution is -2.60. The molecule has 1 fully saturated rings. The van der Waals surface area contributed by atoms with Gasteiger partial charge in [-0.05, 0) is 24.7 Å². The standard InChI is InChI=1S/C15H29NO2/c1-4-7-13(10-14(17)18)16-11-15(12-16,8-5-2)9-6-3/h13H,4-12H2,1-3H3,(H,17,18). The summed E-state index contributed by atoms with van der Waals surface area (Å²) in [5.74, 6) is -0.656. The molecule has 0 amide bonds. The molecular weight excluding hydrogens is 226 g/mol. The first-order valence-corrected chi connectivity index (χ1v) is 7.52. The van der Waals surface area contributed by atoms with E-state index in [-0.39, 0.29) is 6.04 Å². The third-order valence-electron chi connectivity index (χ3n) is 4.19. The molecule has 0 saturated carbocycles. The van der Waals surface area contributed by atoms with Crippen LogP contribution in [-0.2, 0) is 4.79 Å². The molecule has 0 bridgehead atoms. The summed E-state index contributed by atoms with van der Waals surface area (Å²) in [5.41, 5.74) is 0.494. The van der Waals surface area contributed by atoms with Gasteiger partial charge in [0.15, 0.2) is 0 Å². The smallest absolute Gasteiger partial charge is 0.304 e. The Morgan fingerprint density at radius 1 is 1.17 bits per heavy atom. The van der Waals surface area contributed by atoms with Crippen LogP contribution in [0.4, 0.5) is 0 Å². The maximum atomic E-state index is 10.9. The number of carboxylic acids is 1. The lowest BCUT2D eigenvalue weighted by atomic mass is 9.71. The van der Waals surface area contributed by atoms with Gasteiger partial charge in [0.1, 0.15) is 0 Å². The second kappa shape index (κ2) is 7.13. The van der Waals surface area contributed by atoms with Crippen molar-refractivity contribution < 1.29 is 9.90 Å². The Morgan fingerprint density at radius 3 is 2.11 bits per heavy atom. The van der Waals surface area contributed by atoms with E-state index in [2.05, 4.69) is 25.7 Å². The molecule has 3 nitrogen and oxygen atoms in total. The zero-order valence-electron chi connectivity index (χ0n) is 12.2. The first-order valence-electron chi connectivity index (χ1n) is 7.52. The molecule has 1 rings (SSSR count). The summed E-state index contributed by atoms with van der Waals surface area (Å²) in [4.78, 5) is 13.3. The molecular formula is C15H29NO2. The van der Waals surface area contributed by atoms with Crippen LogP contribution in [0.1, 0.15) is 65.7 Å². The van der Waals surface area contributed by atoms with E-state index < -0.39 is 5.97 Å². The molecule has 1 aliphatic rings. The number of carboxylic acid groups (broad SMARTS) is 1. The van der Waals surface area contributed by atoms with Crippen LogP contribution in [0.3, 0.4) is 0 Å². The lowest BCUT2D eigenvalue weighted by molar-refractivity contribution is -0.140. The van der Waals surface area contributed by atoms with Gasteiger partial charge in [-0.15, -0.1) is 0 Å². The zero-order valence-corrected chi connectivity index (χ0v) is 12.2. The van der Waals surface area contributed by atoms with Gasteiger partial charge >= 0.3 is 5.97 Å². The molecule has 0 aromatic heterocycles. The Morgan fingerprint density at radius 2 is 1.72 bits per heavy atom. The van der Waals surface area contributed by atoms with Crippen molar-refractivity contribution in [1.29, 1.82) is 0 Å². The first-order chi connectivity index (χ1) is 8.56. The molecule has 1 N–H and O–H groups in total. The number of nitrogens with zero attached hydrogens (tertiary/aromatic N) is 1. The Kier molecular flexibility index (Phi) is 6.13. The van der Waals surface area contributed by atoms with E-state index in [1.807, 2.05) is 0 Å². The molecule has 0 aromatic carbocycles. The highest BCUT2D eigenvalue weighted by Gasteiger charge is 2.43.